The second kappa shape index (κ2) is 7.79. The van der Waals surface area contributed by atoms with Crippen LogP contribution in [0.2, 0.25) is 10.0 Å². The summed E-state index contributed by atoms with van der Waals surface area (Å²) in [6, 6.07) is 4.98. The number of carbonyl (C=O) groups is 1. The molecule has 1 unspecified atom stereocenters. The molecule has 0 radical (unpaired) electrons. The minimum absolute atomic E-state index is 0.00852. The number of nitrogens with zero attached hydrogens (tertiary/aromatic N) is 1. The van der Waals surface area contributed by atoms with Crippen molar-refractivity contribution in [1.82, 2.24) is 0 Å². The number of carbonyl (C=O) groups excluding carboxylic acids is 1. The zero-order valence-electron chi connectivity index (χ0n) is 13.6. The van der Waals surface area contributed by atoms with Gasteiger partial charge in [-0.25, -0.2) is 4.79 Å². The molecule has 132 valence electrons. The number of nitrogens with two attached hydrogens (primary N) is 1. The summed E-state index contributed by atoms with van der Waals surface area (Å²) in [5.41, 5.74) is 6.76. The Morgan fingerprint density at radius 3 is 2.52 bits per heavy atom. The third-order valence-corrected chi connectivity index (χ3v) is 4.34. The van der Waals surface area contributed by atoms with Crippen molar-refractivity contribution in [3.8, 4) is 6.07 Å². The summed E-state index contributed by atoms with van der Waals surface area (Å²) in [6.45, 7) is 3.10. The third-order valence-electron chi connectivity index (χ3n) is 3.71. The van der Waals surface area contributed by atoms with Crippen molar-refractivity contribution in [2.75, 3.05) is 6.61 Å². The number of benzene rings is 1. The van der Waals surface area contributed by atoms with Gasteiger partial charge in [-0.05, 0) is 31.5 Å². The van der Waals surface area contributed by atoms with Crippen LogP contribution in [-0.2, 0) is 20.9 Å². The van der Waals surface area contributed by atoms with E-state index in [0.717, 1.165) is 0 Å². The molecule has 3 N–H and O–H groups in total. The number of hydrogen-bond donors (Lipinski definition) is 2. The largest absolute Gasteiger partial charge is 0.463 e. The monoisotopic (exact) mass is 382 g/mol. The molecule has 0 fully saturated rings. The summed E-state index contributed by atoms with van der Waals surface area (Å²) in [7, 11) is 0. The third kappa shape index (κ3) is 3.59. The molecule has 0 bridgehead atoms. The molecule has 0 spiro atoms. The van der Waals surface area contributed by atoms with Gasteiger partial charge in [0.1, 0.15) is 17.4 Å². The van der Waals surface area contributed by atoms with Crippen LogP contribution < -0.4 is 5.73 Å². The molecule has 25 heavy (non-hydrogen) atoms. The zero-order chi connectivity index (χ0) is 18.7. The maximum atomic E-state index is 12.4. The Morgan fingerprint density at radius 2 is 2.04 bits per heavy atom. The molecule has 1 atom stereocenters. The number of nitriles is 1. The number of esters is 1. The molecule has 1 aliphatic rings. The van der Waals surface area contributed by atoms with E-state index in [1.54, 1.807) is 13.8 Å². The Morgan fingerprint density at radius 1 is 1.44 bits per heavy atom. The fourth-order valence-corrected chi connectivity index (χ4v) is 3.40. The highest BCUT2D eigenvalue weighted by Gasteiger charge is 2.38. The Hall–Kier alpha value is -2.20. The lowest BCUT2D eigenvalue weighted by Gasteiger charge is -2.28. The van der Waals surface area contributed by atoms with E-state index in [9.17, 15) is 15.2 Å². The van der Waals surface area contributed by atoms with Crippen molar-refractivity contribution in [2.45, 2.75) is 26.4 Å². The molecule has 1 aliphatic heterocycles. The van der Waals surface area contributed by atoms with Crippen molar-refractivity contribution in [3.05, 3.63) is 56.1 Å². The first kappa shape index (κ1) is 19.1. The SMILES string of the molecule is CCOC(=O)C1=C(C)OC(N)=C(C#N)C1c1c(Cl)cc(CO)cc1Cl. The first-order chi connectivity index (χ1) is 11.8. The molecular formula is C17H16Cl2N2O4. The lowest BCUT2D eigenvalue weighted by Crippen LogP contribution is -2.26. The van der Waals surface area contributed by atoms with Crippen molar-refractivity contribution in [1.29, 1.82) is 5.26 Å². The lowest BCUT2D eigenvalue weighted by molar-refractivity contribution is -0.139. The predicted molar refractivity (Wildman–Crippen MR) is 92.4 cm³/mol. The Balaban J connectivity index is 2.74. The second-order valence-electron chi connectivity index (χ2n) is 5.25. The van der Waals surface area contributed by atoms with Crippen molar-refractivity contribution >= 4 is 29.2 Å². The van der Waals surface area contributed by atoms with Gasteiger partial charge >= 0.3 is 5.97 Å². The fraction of sp³-hybridized carbons (Fsp3) is 0.294. The van der Waals surface area contributed by atoms with Gasteiger partial charge in [0.25, 0.3) is 0 Å². The van der Waals surface area contributed by atoms with Crippen LogP contribution in [0.3, 0.4) is 0 Å². The topological polar surface area (TPSA) is 106 Å². The van der Waals surface area contributed by atoms with Crippen LogP contribution in [0.25, 0.3) is 0 Å². The number of aliphatic hydroxyl groups excluding tert-OH is 1. The average Bonchev–Trinajstić information content (AvgIpc) is 2.54. The van der Waals surface area contributed by atoms with Gasteiger partial charge in [-0.2, -0.15) is 5.26 Å². The molecule has 0 saturated carbocycles. The first-order valence-corrected chi connectivity index (χ1v) is 8.15. The van der Waals surface area contributed by atoms with E-state index in [1.807, 2.05) is 6.07 Å². The van der Waals surface area contributed by atoms with Gasteiger partial charge in [-0.3, -0.25) is 0 Å². The van der Waals surface area contributed by atoms with E-state index in [-0.39, 0.29) is 46.0 Å². The minimum atomic E-state index is -0.925. The summed E-state index contributed by atoms with van der Waals surface area (Å²) in [5.74, 6) is -1.50. The molecule has 1 aromatic rings. The highest BCUT2D eigenvalue weighted by Crippen LogP contribution is 2.45. The fourth-order valence-electron chi connectivity index (χ4n) is 2.65. The van der Waals surface area contributed by atoms with Gasteiger partial charge in [-0.15, -0.1) is 0 Å². The average molecular weight is 383 g/mol. The van der Waals surface area contributed by atoms with Gasteiger partial charge in [0.05, 0.1) is 24.7 Å². The molecule has 0 aliphatic carbocycles. The first-order valence-electron chi connectivity index (χ1n) is 7.39. The van der Waals surface area contributed by atoms with Crippen LogP contribution >= 0.6 is 23.2 Å². The van der Waals surface area contributed by atoms with Crippen LogP contribution in [0.4, 0.5) is 0 Å². The number of ether oxygens (including phenoxy) is 2. The van der Waals surface area contributed by atoms with Gasteiger partial charge in [0.2, 0.25) is 5.88 Å². The molecule has 8 heteroatoms. The quantitative estimate of drug-likeness (QED) is 0.774. The molecule has 0 amide bonds. The molecule has 0 aromatic heterocycles. The van der Waals surface area contributed by atoms with Gasteiger partial charge in [-0.1, -0.05) is 23.2 Å². The van der Waals surface area contributed by atoms with Gasteiger partial charge < -0.3 is 20.3 Å². The predicted octanol–water partition coefficient (Wildman–Crippen LogP) is 3.13. The smallest absolute Gasteiger partial charge is 0.338 e. The number of hydrogen-bond acceptors (Lipinski definition) is 6. The Labute approximate surface area is 155 Å². The maximum Gasteiger partial charge on any atom is 0.338 e. The number of allylic oxidation sites excluding steroid dienone is 2. The maximum absolute atomic E-state index is 12.4. The van der Waals surface area contributed by atoms with E-state index in [4.69, 9.17) is 38.4 Å². The highest BCUT2D eigenvalue weighted by atomic mass is 35.5. The van der Waals surface area contributed by atoms with Crippen LogP contribution in [0.15, 0.2) is 34.9 Å². The molecule has 1 aromatic carbocycles. The summed E-state index contributed by atoms with van der Waals surface area (Å²) in [6.07, 6.45) is 0. The summed E-state index contributed by atoms with van der Waals surface area (Å²) in [4.78, 5) is 12.4. The summed E-state index contributed by atoms with van der Waals surface area (Å²) >= 11 is 12.7. The standard InChI is InChI=1S/C17H16Cl2N2O4/c1-3-24-17(23)13-8(2)25-16(21)10(6-20)14(13)15-11(18)4-9(7-22)5-12(15)19/h4-5,14,22H,3,7,21H2,1-2H3. The van der Waals surface area contributed by atoms with Crippen molar-refractivity contribution < 1.29 is 19.4 Å². The number of rotatable bonds is 4. The van der Waals surface area contributed by atoms with E-state index in [1.165, 1.54) is 12.1 Å². The Kier molecular flexibility index (Phi) is 5.96. The van der Waals surface area contributed by atoms with Crippen LogP contribution in [-0.4, -0.2) is 17.7 Å². The van der Waals surface area contributed by atoms with Gasteiger partial charge in [0, 0.05) is 15.6 Å². The van der Waals surface area contributed by atoms with Crippen molar-refractivity contribution in [2.24, 2.45) is 5.73 Å². The van der Waals surface area contributed by atoms with E-state index < -0.39 is 11.9 Å². The van der Waals surface area contributed by atoms with E-state index in [0.29, 0.717) is 11.1 Å². The summed E-state index contributed by atoms with van der Waals surface area (Å²) < 4.78 is 10.4. The molecule has 1 heterocycles. The Bertz CT molecular complexity index is 801. The second-order valence-corrected chi connectivity index (χ2v) is 6.06. The van der Waals surface area contributed by atoms with E-state index in [2.05, 4.69) is 0 Å². The minimum Gasteiger partial charge on any atom is -0.463 e. The van der Waals surface area contributed by atoms with Crippen LogP contribution in [0, 0.1) is 11.3 Å². The normalized spacial score (nSPS) is 17.2. The molecule has 0 saturated heterocycles. The highest BCUT2D eigenvalue weighted by molar-refractivity contribution is 6.36. The van der Waals surface area contributed by atoms with Crippen LogP contribution in [0.1, 0.15) is 30.9 Å². The summed E-state index contributed by atoms with van der Waals surface area (Å²) in [5, 5.41) is 19.2. The van der Waals surface area contributed by atoms with Gasteiger partial charge in [0.15, 0.2) is 0 Å². The zero-order valence-corrected chi connectivity index (χ0v) is 15.1. The molecule has 2 rings (SSSR count). The number of halogens is 2. The van der Waals surface area contributed by atoms with Crippen LogP contribution in [0.5, 0.6) is 0 Å². The van der Waals surface area contributed by atoms with E-state index >= 15 is 0 Å². The number of aliphatic hydroxyl groups is 1. The molecular weight excluding hydrogens is 367 g/mol. The molecule has 6 nitrogen and oxygen atoms in total. The van der Waals surface area contributed by atoms with Crippen molar-refractivity contribution in [3.63, 3.8) is 0 Å². The lowest BCUT2D eigenvalue weighted by atomic mass is 9.82.